The molecule has 0 atom stereocenters. The van der Waals surface area contributed by atoms with Crippen molar-refractivity contribution in [2.45, 2.75) is 19.8 Å². The molecule has 0 bridgehead atoms. The van der Waals surface area contributed by atoms with E-state index in [1.165, 1.54) is 12.1 Å². The number of carboxylic acids is 1. The van der Waals surface area contributed by atoms with E-state index in [1.54, 1.807) is 0 Å². The normalized spacial score (nSPS) is 10.6. The molecule has 0 unspecified atom stereocenters. The van der Waals surface area contributed by atoms with Crippen molar-refractivity contribution in [3.63, 3.8) is 0 Å². The molecule has 0 aliphatic rings. The third kappa shape index (κ3) is 3.08. The standard InChI is InChI=1S/C15H15ClN2O2/c1-9(2)10-5-3-4-6-12(10)17-14-11(15(19)20)7-8-13(16)18-14/h3-9H,1-2H3,(H,17,18)(H,19,20). The first-order chi connectivity index (χ1) is 9.49. The van der Waals surface area contributed by atoms with Gasteiger partial charge in [-0.15, -0.1) is 0 Å². The highest BCUT2D eigenvalue weighted by Crippen LogP contribution is 2.28. The van der Waals surface area contributed by atoms with Crippen LogP contribution in [0.3, 0.4) is 0 Å². The number of aromatic carboxylic acids is 1. The van der Waals surface area contributed by atoms with Crippen LogP contribution >= 0.6 is 11.6 Å². The van der Waals surface area contributed by atoms with Crippen molar-refractivity contribution in [3.05, 3.63) is 52.7 Å². The molecule has 4 nitrogen and oxygen atoms in total. The van der Waals surface area contributed by atoms with E-state index in [0.717, 1.165) is 11.3 Å². The van der Waals surface area contributed by atoms with Crippen LogP contribution in [-0.2, 0) is 0 Å². The van der Waals surface area contributed by atoms with E-state index < -0.39 is 5.97 Å². The van der Waals surface area contributed by atoms with Crippen LogP contribution in [0.25, 0.3) is 0 Å². The zero-order valence-electron chi connectivity index (χ0n) is 11.2. The zero-order chi connectivity index (χ0) is 14.7. The number of benzene rings is 1. The average molecular weight is 291 g/mol. The van der Waals surface area contributed by atoms with E-state index in [-0.39, 0.29) is 16.5 Å². The second-order valence-corrected chi connectivity index (χ2v) is 5.09. The number of halogens is 1. The molecule has 0 aliphatic heterocycles. The number of rotatable bonds is 4. The van der Waals surface area contributed by atoms with Gasteiger partial charge < -0.3 is 10.4 Å². The Labute approximate surface area is 122 Å². The third-order valence-electron chi connectivity index (χ3n) is 2.93. The number of hydrogen-bond acceptors (Lipinski definition) is 3. The quantitative estimate of drug-likeness (QED) is 0.824. The summed E-state index contributed by atoms with van der Waals surface area (Å²) in [5.74, 6) is -0.483. The maximum atomic E-state index is 11.2. The van der Waals surface area contributed by atoms with E-state index in [4.69, 9.17) is 11.6 Å². The summed E-state index contributed by atoms with van der Waals surface area (Å²) in [7, 11) is 0. The van der Waals surface area contributed by atoms with Crippen LogP contribution < -0.4 is 5.32 Å². The van der Waals surface area contributed by atoms with Crippen molar-refractivity contribution in [2.24, 2.45) is 0 Å². The van der Waals surface area contributed by atoms with E-state index >= 15 is 0 Å². The summed E-state index contributed by atoms with van der Waals surface area (Å²) in [4.78, 5) is 15.3. The molecule has 104 valence electrons. The van der Waals surface area contributed by atoms with Gasteiger partial charge in [0.05, 0.1) is 0 Å². The number of carboxylic acid groups (broad SMARTS) is 1. The molecule has 2 rings (SSSR count). The van der Waals surface area contributed by atoms with E-state index in [0.29, 0.717) is 5.92 Å². The van der Waals surface area contributed by atoms with Gasteiger partial charge >= 0.3 is 5.97 Å². The Balaban J connectivity index is 2.45. The minimum Gasteiger partial charge on any atom is -0.478 e. The third-order valence-corrected chi connectivity index (χ3v) is 3.14. The summed E-state index contributed by atoms with van der Waals surface area (Å²) in [6.45, 7) is 4.15. The molecule has 1 aromatic carbocycles. The summed E-state index contributed by atoms with van der Waals surface area (Å²) < 4.78 is 0. The second kappa shape index (κ2) is 5.92. The molecule has 0 amide bonds. The summed E-state index contributed by atoms with van der Waals surface area (Å²) in [5.41, 5.74) is 2.01. The summed E-state index contributed by atoms with van der Waals surface area (Å²) >= 11 is 5.85. The zero-order valence-corrected chi connectivity index (χ0v) is 12.0. The molecular weight excluding hydrogens is 276 g/mol. The summed E-state index contributed by atoms with van der Waals surface area (Å²) in [5, 5.41) is 12.5. The van der Waals surface area contributed by atoms with Gasteiger partial charge in [0.15, 0.2) is 0 Å². The number of para-hydroxylation sites is 1. The first kappa shape index (κ1) is 14.3. The Morgan fingerprint density at radius 1 is 1.25 bits per heavy atom. The van der Waals surface area contributed by atoms with Gasteiger partial charge in [-0.2, -0.15) is 0 Å². The number of anilines is 2. The fraction of sp³-hybridized carbons (Fsp3) is 0.200. The van der Waals surface area contributed by atoms with Crippen LogP contribution in [0, 0.1) is 0 Å². The molecule has 0 fully saturated rings. The van der Waals surface area contributed by atoms with Crippen LogP contribution in [0.15, 0.2) is 36.4 Å². The highest BCUT2D eigenvalue weighted by molar-refractivity contribution is 6.29. The molecule has 0 radical (unpaired) electrons. The molecular formula is C15H15ClN2O2. The van der Waals surface area contributed by atoms with Crippen LogP contribution in [0.2, 0.25) is 5.15 Å². The first-order valence-electron chi connectivity index (χ1n) is 6.25. The van der Waals surface area contributed by atoms with Crippen molar-refractivity contribution < 1.29 is 9.90 Å². The summed E-state index contributed by atoms with van der Waals surface area (Å²) in [6, 6.07) is 10.6. The molecule has 20 heavy (non-hydrogen) atoms. The predicted molar refractivity (Wildman–Crippen MR) is 80.0 cm³/mol. The summed E-state index contributed by atoms with van der Waals surface area (Å²) in [6.07, 6.45) is 0. The average Bonchev–Trinajstić information content (AvgIpc) is 2.38. The SMILES string of the molecule is CC(C)c1ccccc1Nc1nc(Cl)ccc1C(=O)O. The number of nitrogens with zero attached hydrogens (tertiary/aromatic N) is 1. The fourth-order valence-corrected chi connectivity index (χ4v) is 2.09. The first-order valence-corrected chi connectivity index (χ1v) is 6.62. The van der Waals surface area contributed by atoms with Crippen molar-refractivity contribution in [1.29, 1.82) is 0 Å². The maximum absolute atomic E-state index is 11.2. The van der Waals surface area contributed by atoms with Gasteiger partial charge in [-0.05, 0) is 29.7 Å². The Morgan fingerprint density at radius 2 is 1.95 bits per heavy atom. The maximum Gasteiger partial charge on any atom is 0.339 e. The van der Waals surface area contributed by atoms with Crippen LogP contribution in [0.4, 0.5) is 11.5 Å². The molecule has 1 aromatic heterocycles. The Hall–Kier alpha value is -2.07. The van der Waals surface area contributed by atoms with Crippen molar-refractivity contribution >= 4 is 29.1 Å². The number of carbonyl (C=O) groups is 1. The lowest BCUT2D eigenvalue weighted by atomic mass is 10.0. The Bertz CT molecular complexity index is 642. The van der Waals surface area contributed by atoms with E-state index in [1.807, 2.05) is 24.3 Å². The van der Waals surface area contributed by atoms with Crippen LogP contribution in [0.5, 0.6) is 0 Å². The topological polar surface area (TPSA) is 62.2 Å². The van der Waals surface area contributed by atoms with Crippen molar-refractivity contribution in [1.82, 2.24) is 4.98 Å². The number of pyridine rings is 1. The molecule has 0 saturated heterocycles. The minimum atomic E-state index is -1.04. The second-order valence-electron chi connectivity index (χ2n) is 4.70. The number of nitrogens with one attached hydrogen (secondary N) is 1. The van der Waals surface area contributed by atoms with Gasteiger partial charge in [-0.25, -0.2) is 9.78 Å². The Kier molecular flexibility index (Phi) is 4.25. The number of hydrogen-bond donors (Lipinski definition) is 2. The number of aromatic nitrogens is 1. The lowest BCUT2D eigenvalue weighted by Gasteiger charge is -2.15. The lowest BCUT2D eigenvalue weighted by Crippen LogP contribution is -2.06. The highest BCUT2D eigenvalue weighted by atomic mass is 35.5. The van der Waals surface area contributed by atoms with Crippen LogP contribution in [0.1, 0.15) is 35.7 Å². The molecule has 2 N–H and O–H groups in total. The Morgan fingerprint density at radius 3 is 2.60 bits per heavy atom. The lowest BCUT2D eigenvalue weighted by molar-refractivity contribution is 0.0697. The van der Waals surface area contributed by atoms with Gasteiger partial charge in [-0.3, -0.25) is 0 Å². The fourth-order valence-electron chi connectivity index (χ4n) is 1.95. The van der Waals surface area contributed by atoms with Crippen molar-refractivity contribution in [3.8, 4) is 0 Å². The minimum absolute atomic E-state index is 0.0907. The molecule has 5 heteroatoms. The predicted octanol–water partition coefficient (Wildman–Crippen LogP) is 4.30. The largest absolute Gasteiger partial charge is 0.478 e. The highest BCUT2D eigenvalue weighted by Gasteiger charge is 2.14. The molecule has 1 heterocycles. The molecule has 0 aliphatic carbocycles. The molecule has 0 saturated carbocycles. The van der Waals surface area contributed by atoms with Gasteiger partial charge in [0, 0.05) is 5.69 Å². The van der Waals surface area contributed by atoms with Gasteiger partial charge in [0.1, 0.15) is 16.5 Å². The van der Waals surface area contributed by atoms with Crippen LogP contribution in [-0.4, -0.2) is 16.1 Å². The monoisotopic (exact) mass is 290 g/mol. The van der Waals surface area contributed by atoms with Gasteiger partial charge in [0.25, 0.3) is 0 Å². The van der Waals surface area contributed by atoms with Gasteiger partial charge in [-0.1, -0.05) is 43.6 Å². The molecule has 0 spiro atoms. The molecule has 2 aromatic rings. The van der Waals surface area contributed by atoms with E-state index in [9.17, 15) is 9.90 Å². The van der Waals surface area contributed by atoms with Gasteiger partial charge in [0.2, 0.25) is 0 Å². The van der Waals surface area contributed by atoms with Crippen molar-refractivity contribution in [2.75, 3.05) is 5.32 Å². The smallest absolute Gasteiger partial charge is 0.339 e. The van der Waals surface area contributed by atoms with E-state index in [2.05, 4.69) is 24.1 Å².